The van der Waals surface area contributed by atoms with E-state index in [1.54, 1.807) is 30.0 Å². The average Bonchev–Trinajstić information content (AvgIpc) is 2.86. The minimum absolute atomic E-state index is 0.261. The number of rotatable bonds is 4. The van der Waals surface area contributed by atoms with Crippen molar-refractivity contribution in [2.75, 3.05) is 0 Å². The van der Waals surface area contributed by atoms with Crippen LogP contribution in [0.5, 0.6) is 0 Å². The molecule has 98 valence electrons. The molecule has 1 N–H and O–H groups in total. The molecule has 0 aliphatic carbocycles. The number of aryl methyl sites for hydroxylation is 1. The molecule has 2 aromatic heterocycles. The van der Waals surface area contributed by atoms with Crippen molar-refractivity contribution in [2.24, 2.45) is 7.05 Å². The van der Waals surface area contributed by atoms with Crippen LogP contribution in [0.1, 0.15) is 18.8 Å². The van der Waals surface area contributed by atoms with Gasteiger partial charge in [-0.15, -0.1) is 21.5 Å². The fraction of sp³-hybridized carbons (Fsp3) is 0.333. The van der Waals surface area contributed by atoms with Crippen molar-refractivity contribution in [1.82, 2.24) is 19.5 Å². The summed E-state index contributed by atoms with van der Waals surface area (Å²) in [6, 6.07) is 1.25. The van der Waals surface area contributed by atoms with E-state index in [0.29, 0.717) is 10.3 Å². The lowest BCUT2D eigenvalue weighted by Gasteiger charge is -2.12. The first-order valence-electron chi connectivity index (χ1n) is 5.01. The SMILES string of the molecule is CC(NS(=O)(=O)c1sccc1Br)c1nncn1C. The first-order valence-corrected chi connectivity index (χ1v) is 8.16. The molecule has 9 heteroatoms. The van der Waals surface area contributed by atoms with Crippen LogP contribution >= 0.6 is 27.3 Å². The van der Waals surface area contributed by atoms with Gasteiger partial charge in [0.2, 0.25) is 0 Å². The van der Waals surface area contributed by atoms with Crippen LogP contribution in [-0.4, -0.2) is 23.2 Å². The van der Waals surface area contributed by atoms with Crippen molar-refractivity contribution in [2.45, 2.75) is 17.2 Å². The summed E-state index contributed by atoms with van der Waals surface area (Å²) in [5.41, 5.74) is 0. The standard InChI is InChI=1S/C9H11BrN4O2S2/c1-6(8-12-11-5-14(8)2)13-18(15,16)9-7(10)3-4-17-9/h3-6,13H,1-2H3. The molecule has 1 unspecified atom stereocenters. The van der Waals surface area contributed by atoms with E-state index in [-0.39, 0.29) is 4.21 Å². The van der Waals surface area contributed by atoms with Gasteiger partial charge in [0.25, 0.3) is 10.0 Å². The Balaban J connectivity index is 2.25. The van der Waals surface area contributed by atoms with Crippen molar-refractivity contribution >= 4 is 37.3 Å². The maximum absolute atomic E-state index is 12.1. The number of thiophene rings is 1. The molecule has 0 aromatic carbocycles. The second kappa shape index (κ2) is 5.08. The highest BCUT2D eigenvalue weighted by Crippen LogP contribution is 2.28. The van der Waals surface area contributed by atoms with E-state index >= 15 is 0 Å². The molecule has 0 radical (unpaired) electrons. The summed E-state index contributed by atoms with van der Waals surface area (Å²) in [6.45, 7) is 1.73. The number of nitrogens with zero attached hydrogens (tertiary/aromatic N) is 3. The summed E-state index contributed by atoms with van der Waals surface area (Å²) in [5.74, 6) is 0.561. The van der Waals surface area contributed by atoms with Crippen molar-refractivity contribution in [3.05, 3.63) is 28.1 Å². The Bertz CT molecular complexity index is 649. The molecule has 2 heterocycles. The number of aromatic nitrogens is 3. The summed E-state index contributed by atoms with van der Waals surface area (Å²) < 4.78 is 29.4. The van der Waals surface area contributed by atoms with E-state index in [2.05, 4.69) is 30.8 Å². The third-order valence-electron chi connectivity index (χ3n) is 2.29. The number of halogens is 1. The molecule has 18 heavy (non-hydrogen) atoms. The third kappa shape index (κ3) is 2.63. The molecule has 0 saturated carbocycles. The first-order chi connectivity index (χ1) is 8.42. The Kier molecular flexibility index (Phi) is 3.85. The molecule has 0 spiro atoms. The summed E-state index contributed by atoms with van der Waals surface area (Å²) >= 11 is 4.37. The molecule has 0 aliphatic rings. The predicted molar refractivity (Wildman–Crippen MR) is 71.8 cm³/mol. The van der Waals surface area contributed by atoms with Gasteiger partial charge in [0.05, 0.1) is 6.04 Å². The minimum atomic E-state index is -3.55. The van der Waals surface area contributed by atoms with Gasteiger partial charge in [0.1, 0.15) is 16.4 Å². The molecular formula is C9H11BrN4O2S2. The normalized spacial score (nSPS) is 13.7. The van der Waals surface area contributed by atoms with Gasteiger partial charge in [-0.1, -0.05) is 0 Å². The lowest BCUT2D eigenvalue weighted by Crippen LogP contribution is -2.28. The summed E-state index contributed by atoms with van der Waals surface area (Å²) in [7, 11) is -1.78. The highest BCUT2D eigenvalue weighted by atomic mass is 79.9. The molecule has 0 fully saturated rings. The molecule has 6 nitrogen and oxygen atoms in total. The summed E-state index contributed by atoms with van der Waals surface area (Å²) in [6.07, 6.45) is 1.53. The molecule has 2 aromatic rings. The van der Waals surface area contributed by atoms with Gasteiger partial charge in [0.15, 0.2) is 0 Å². The lowest BCUT2D eigenvalue weighted by atomic mass is 10.3. The molecule has 0 saturated heterocycles. The van der Waals surface area contributed by atoms with Gasteiger partial charge in [-0.3, -0.25) is 0 Å². The van der Waals surface area contributed by atoms with Gasteiger partial charge in [0, 0.05) is 11.5 Å². The van der Waals surface area contributed by atoms with Gasteiger partial charge in [-0.05, 0) is 34.3 Å². The number of nitrogens with one attached hydrogen (secondary N) is 1. The summed E-state index contributed by atoms with van der Waals surface area (Å²) in [4.78, 5) is 0. The maximum atomic E-state index is 12.1. The Morgan fingerprint density at radius 3 is 2.78 bits per heavy atom. The lowest BCUT2D eigenvalue weighted by molar-refractivity contribution is 0.555. The minimum Gasteiger partial charge on any atom is -0.319 e. The molecule has 0 bridgehead atoms. The van der Waals surface area contributed by atoms with Crippen molar-refractivity contribution < 1.29 is 8.42 Å². The van der Waals surface area contributed by atoms with Crippen LogP contribution in [0.3, 0.4) is 0 Å². The van der Waals surface area contributed by atoms with Crippen LogP contribution in [0.4, 0.5) is 0 Å². The highest BCUT2D eigenvalue weighted by molar-refractivity contribution is 9.10. The molecule has 1 atom stereocenters. The van der Waals surface area contributed by atoms with Gasteiger partial charge in [-0.2, -0.15) is 4.72 Å². The fourth-order valence-electron chi connectivity index (χ4n) is 1.49. The predicted octanol–water partition coefficient (Wildman–Crippen LogP) is 1.68. The molecule has 2 rings (SSSR count). The molecular weight excluding hydrogens is 340 g/mol. The van der Waals surface area contributed by atoms with Gasteiger partial charge >= 0.3 is 0 Å². The quantitative estimate of drug-likeness (QED) is 0.909. The summed E-state index contributed by atoms with van der Waals surface area (Å²) in [5, 5.41) is 9.32. The van der Waals surface area contributed by atoms with Crippen LogP contribution in [0, 0.1) is 0 Å². The molecule has 0 aliphatic heterocycles. The van der Waals surface area contributed by atoms with Crippen LogP contribution < -0.4 is 4.72 Å². The second-order valence-corrected chi connectivity index (χ2v) is 7.38. The monoisotopic (exact) mass is 350 g/mol. The first kappa shape index (κ1) is 13.7. The zero-order chi connectivity index (χ0) is 13.3. The van der Waals surface area contributed by atoms with Crippen LogP contribution in [0.2, 0.25) is 0 Å². The Morgan fingerprint density at radius 2 is 2.28 bits per heavy atom. The largest absolute Gasteiger partial charge is 0.319 e. The Labute approximate surface area is 117 Å². The van der Waals surface area contributed by atoms with E-state index in [4.69, 9.17) is 0 Å². The maximum Gasteiger partial charge on any atom is 0.251 e. The zero-order valence-electron chi connectivity index (χ0n) is 9.66. The van der Waals surface area contributed by atoms with Crippen molar-refractivity contribution in [3.8, 4) is 0 Å². The van der Waals surface area contributed by atoms with Crippen LogP contribution in [0.15, 0.2) is 26.5 Å². The number of hydrogen-bond acceptors (Lipinski definition) is 5. The van der Waals surface area contributed by atoms with Gasteiger partial charge < -0.3 is 4.57 Å². The van der Waals surface area contributed by atoms with Crippen LogP contribution in [-0.2, 0) is 17.1 Å². The van der Waals surface area contributed by atoms with E-state index in [9.17, 15) is 8.42 Å². The average molecular weight is 351 g/mol. The highest BCUT2D eigenvalue weighted by Gasteiger charge is 2.24. The van der Waals surface area contributed by atoms with E-state index in [1.807, 2.05) is 0 Å². The fourth-order valence-corrected chi connectivity index (χ4v) is 5.05. The third-order valence-corrected chi connectivity index (χ3v) is 6.50. The Morgan fingerprint density at radius 1 is 1.56 bits per heavy atom. The van der Waals surface area contributed by atoms with Crippen molar-refractivity contribution in [3.63, 3.8) is 0 Å². The van der Waals surface area contributed by atoms with E-state index in [0.717, 1.165) is 11.3 Å². The van der Waals surface area contributed by atoms with E-state index < -0.39 is 16.1 Å². The molecule has 0 amide bonds. The number of hydrogen-bond donors (Lipinski definition) is 1. The topological polar surface area (TPSA) is 76.9 Å². The van der Waals surface area contributed by atoms with E-state index in [1.165, 1.54) is 6.33 Å². The second-order valence-electron chi connectivity index (χ2n) is 3.70. The van der Waals surface area contributed by atoms with Crippen molar-refractivity contribution in [1.29, 1.82) is 0 Å². The van der Waals surface area contributed by atoms with Crippen LogP contribution in [0.25, 0.3) is 0 Å². The zero-order valence-corrected chi connectivity index (χ0v) is 12.9. The smallest absolute Gasteiger partial charge is 0.251 e. The van der Waals surface area contributed by atoms with Gasteiger partial charge in [-0.25, -0.2) is 8.42 Å². The Hall–Kier alpha value is -0.770. The number of sulfonamides is 1.